The summed E-state index contributed by atoms with van der Waals surface area (Å²) in [5.74, 6) is -1.30. The molecule has 0 amide bonds. The van der Waals surface area contributed by atoms with Crippen LogP contribution in [0.3, 0.4) is 0 Å². The van der Waals surface area contributed by atoms with E-state index >= 15 is 9.59 Å². The van der Waals surface area contributed by atoms with Gasteiger partial charge in [-0.3, -0.25) is 9.59 Å². The third-order valence-corrected chi connectivity index (χ3v) is 19.3. The largest absolute Gasteiger partial charge is 0.499 e. The van der Waals surface area contributed by atoms with Gasteiger partial charge in [-0.2, -0.15) is 0 Å². The fourth-order valence-corrected chi connectivity index (χ4v) is 15.0. The Morgan fingerprint density at radius 3 is 1.30 bits per heavy atom. The lowest BCUT2D eigenvalue weighted by Gasteiger charge is -2.22. The molecule has 11 aromatic rings. The van der Waals surface area contributed by atoms with Crippen LogP contribution in [0, 0.1) is 13.8 Å². The molecule has 0 atom stereocenters. The minimum Gasteiger partial charge on any atom is -0.499 e. The van der Waals surface area contributed by atoms with Crippen LogP contribution in [0.5, 0.6) is 10.1 Å². The average Bonchev–Trinajstić information content (AvgIpc) is 3.92. The molecule has 11 rings (SSSR count). The summed E-state index contributed by atoms with van der Waals surface area (Å²) in [6.07, 6.45) is 0. The molecule has 0 aliphatic carbocycles. The van der Waals surface area contributed by atoms with Crippen LogP contribution in [0.1, 0.15) is 33.7 Å². The summed E-state index contributed by atoms with van der Waals surface area (Å²) in [5.41, 5.74) is 6.93. The van der Waals surface area contributed by atoms with Gasteiger partial charge in [0.1, 0.15) is 0 Å². The molecule has 4 heterocycles. The van der Waals surface area contributed by atoms with Crippen molar-refractivity contribution in [3.63, 3.8) is 0 Å². The number of hydrogen-bond acceptors (Lipinski definition) is 8. The van der Waals surface area contributed by atoms with Gasteiger partial charge in [-0.1, -0.05) is 175 Å². The van der Waals surface area contributed by atoms with E-state index in [0.717, 1.165) is 106 Å². The summed E-state index contributed by atoms with van der Waals surface area (Å²) in [6.45, 7) is 3.96. The molecule has 328 valence electrons. The summed E-state index contributed by atoms with van der Waals surface area (Å²) in [4.78, 5) is 33.2. The smallest absolute Gasteiger partial charge is 0.196 e. The summed E-state index contributed by atoms with van der Waals surface area (Å²) >= 11 is 26.4. The van der Waals surface area contributed by atoms with Gasteiger partial charge in [-0.05, 0) is 95.3 Å². The molecule has 0 radical (unpaired) electrons. The van der Waals surface area contributed by atoms with E-state index in [0.29, 0.717) is 25.7 Å². The molecule has 67 heavy (non-hydrogen) atoms. The second-order valence-corrected chi connectivity index (χ2v) is 22.9. The van der Waals surface area contributed by atoms with E-state index in [9.17, 15) is 10.2 Å². The Bertz CT molecular complexity index is 3710. The molecule has 0 saturated carbocycles. The van der Waals surface area contributed by atoms with Crippen LogP contribution in [-0.4, -0.2) is 10.2 Å². The van der Waals surface area contributed by atoms with E-state index in [1.54, 1.807) is 40.9 Å². The van der Waals surface area contributed by atoms with Gasteiger partial charge >= 0.3 is 0 Å². The van der Waals surface area contributed by atoms with Crippen molar-refractivity contribution in [2.24, 2.45) is 0 Å². The maximum atomic E-state index is 15.6. The molecular weight excluding hydrogens is 1080 g/mol. The maximum absolute atomic E-state index is 15.6. The SMILES string of the molecule is Cc1c2sc(-c3ccccc3)c(-c3ccc(Br)cc3)c2cc2c(=O)c(C(c3cccc(Cl)c3Cl)c3c(O)sc4c(C)c5sc(-c6ccccc6)c(-c6ccc(Br)cc6)c5cc4c3=O)c(O)sc12. The van der Waals surface area contributed by atoms with Crippen LogP contribution >= 0.6 is 100 Å². The minimum absolute atomic E-state index is 0.0710. The molecule has 12 heteroatoms. The number of hydrogen-bond donors (Lipinski definition) is 2. The Balaban J connectivity index is 1.21. The van der Waals surface area contributed by atoms with E-state index in [-0.39, 0.29) is 31.3 Å². The highest BCUT2D eigenvalue weighted by Crippen LogP contribution is 2.53. The highest BCUT2D eigenvalue weighted by molar-refractivity contribution is 9.10. The molecule has 0 fully saturated rings. The third-order valence-electron chi connectivity index (χ3n) is 12.4. The molecule has 0 unspecified atom stereocenters. The minimum atomic E-state index is -1.30. The van der Waals surface area contributed by atoms with E-state index < -0.39 is 16.8 Å². The first-order valence-corrected chi connectivity index (χ1v) is 26.6. The first kappa shape index (κ1) is 44.4. The molecule has 7 aromatic carbocycles. The summed E-state index contributed by atoms with van der Waals surface area (Å²) < 4.78 is 5.11. The van der Waals surface area contributed by atoms with Gasteiger partial charge < -0.3 is 10.2 Å². The number of aromatic hydroxyl groups is 2. The van der Waals surface area contributed by atoms with Gasteiger partial charge in [-0.15, -0.1) is 22.7 Å². The van der Waals surface area contributed by atoms with Crippen LogP contribution in [0.4, 0.5) is 0 Å². The van der Waals surface area contributed by atoms with Gasteiger partial charge in [0.2, 0.25) is 0 Å². The number of benzene rings is 7. The van der Waals surface area contributed by atoms with Crippen molar-refractivity contribution in [3.05, 3.63) is 207 Å². The summed E-state index contributed by atoms with van der Waals surface area (Å²) in [5, 5.41) is 26.9. The molecule has 4 nitrogen and oxygen atoms in total. The molecule has 0 spiro atoms. The topological polar surface area (TPSA) is 74.6 Å². The lowest BCUT2D eigenvalue weighted by Crippen LogP contribution is -2.22. The molecule has 0 saturated heterocycles. The molecule has 2 N–H and O–H groups in total. The number of thiophene rings is 2. The lowest BCUT2D eigenvalue weighted by atomic mass is 9.85. The zero-order valence-electron chi connectivity index (χ0n) is 35.2. The van der Waals surface area contributed by atoms with Crippen LogP contribution in [0.25, 0.3) is 83.5 Å². The first-order chi connectivity index (χ1) is 32.4. The Labute approximate surface area is 426 Å². The lowest BCUT2D eigenvalue weighted by molar-refractivity contribution is 0.473. The van der Waals surface area contributed by atoms with E-state index in [1.807, 2.05) is 86.6 Å². The fraction of sp³-hybridized carbons (Fsp3) is 0.0545. The van der Waals surface area contributed by atoms with Gasteiger partial charge in [0, 0.05) is 70.2 Å². The van der Waals surface area contributed by atoms with Crippen molar-refractivity contribution in [1.29, 1.82) is 0 Å². The molecule has 0 bridgehead atoms. The van der Waals surface area contributed by atoms with E-state index in [1.165, 1.54) is 0 Å². The normalized spacial score (nSPS) is 11.8. The Hall–Kier alpha value is -5.14. The van der Waals surface area contributed by atoms with Crippen molar-refractivity contribution < 1.29 is 10.2 Å². The van der Waals surface area contributed by atoms with Crippen LogP contribution in [0.2, 0.25) is 10.0 Å². The molecule has 0 aliphatic heterocycles. The van der Waals surface area contributed by atoms with Gasteiger partial charge in [0.25, 0.3) is 0 Å². The third kappa shape index (κ3) is 7.39. The number of halogens is 4. The number of aryl methyl sites for hydroxylation is 2. The summed E-state index contributed by atoms with van der Waals surface area (Å²) in [7, 11) is 0. The molecule has 0 aliphatic rings. The van der Waals surface area contributed by atoms with Crippen molar-refractivity contribution in [1.82, 2.24) is 0 Å². The fourth-order valence-electron chi connectivity index (χ4n) is 9.24. The Kier molecular flexibility index (Phi) is 11.5. The Morgan fingerprint density at radius 2 is 0.881 bits per heavy atom. The average molecular weight is 1120 g/mol. The van der Waals surface area contributed by atoms with Crippen molar-refractivity contribution >= 4 is 141 Å². The summed E-state index contributed by atoms with van der Waals surface area (Å²) in [6, 6.07) is 45.5. The second kappa shape index (κ2) is 17.4. The highest BCUT2D eigenvalue weighted by atomic mass is 79.9. The predicted molar refractivity (Wildman–Crippen MR) is 294 cm³/mol. The van der Waals surface area contributed by atoms with Crippen LogP contribution in [-0.2, 0) is 0 Å². The van der Waals surface area contributed by atoms with Gasteiger partial charge in [0.15, 0.2) is 21.0 Å². The second-order valence-electron chi connectivity index (χ2n) is 16.2. The quantitative estimate of drug-likeness (QED) is 0.167. The Morgan fingerprint density at radius 1 is 0.478 bits per heavy atom. The molecule has 4 aromatic heterocycles. The number of rotatable bonds is 7. The number of fused-ring (bicyclic) bond motifs is 4. The van der Waals surface area contributed by atoms with Crippen molar-refractivity contribution in [3.8, 4) is 53.3 Å². The van der Waals surface area contributed by atoms with E-state index in [2.05, 4.69) is 80.4 Å². The first-order valence-electron chi connectivity index (χ1n) is 21.0. The van der Waals surface area contributed by atoms with Crippen molar-refractivity contribution in [2.75, 3.05) is 0 Å². The van der Waals surface area contributed by atoms with E-state index in [4.69, 9.17) is 23.2 Å². The maximum Gasteiger partial charge on any atom is 0.196 e. The zero-order valence-corrected chi connectivity index (χ0v) is 43.2. The van der Waals surface area contributed by atoms with Gasteiger partial charge in [-0.25, -0.2) is 0 Å². The van der Waals surface area contributed by atoms with Crippen LogP contribution in [0.15, 0.2) is 158 Å². The van der Waals surface area contributed by atoms with Crippen LogP contribution < -0.4 is 10.9 Å². The predicted octanol–water partition coefficient (Wildman–Crippen LogP) is 18.0. The zero-order chi connectivity index (χ0) is 46.4. The monoisotopic (exact) mass is 1110 g/mol. The standard InChI is InChI=1S/C55H32Br2Cl2O4S4/c1-26-48-35(40(28-16-20-32(56)21-17-28)52(64-48)30-10-5-3-6-11-30)24-37-46(60)43(54(62)66-50(26)37)42(34-14-9-15-39(58)45(34)59)44-47(61)38-25-36-41(29-18-22-33(57)23-19-29)53(31-12-7-4-8-13-31)65-49(36)27(2)51(38)67-55(44)63/h3-25,42,62-63H,1-2H3. The molecular formula is C55H32Br2Cl2O4S4. The van der Waals surface area contributed by atoms with Crippen molar-refractivity contribution in [2.45, 2.75) is 19.8 Å². The highest BCUT2D eigenvalue weighted by Gasteiger charge is 2.34. The van der Waals surface area contributed by atoms with Gasteiger partial charge in [0.05, 0.1) is 27.1 Å².